The lowest BCUT2D eigenvalue weighted by Crippen LogP contribution is -2.33. The van der Waals surface area contributed by atoms with Crippen LogP contribution < -0.4 is 0 Å². The highest BCUT2D eigenvalue weighted by Gasteiger charge is 2.33. The fourth-order valence-electron chi connectivity index (χ4n) is 4.08. The molecule has 0 radical (unpaired) electrons. The van der Waals surface area contributed by atoms with Gasteiger partial charge in [0.25, 0.3) is 0 Å². The largest absolute Gasteiger partial charge is 0.309 e. The lowest BCUT2D eigenvalue weighted by molar-refractivity contribution is 0.800. The van der Waals surface area contributed by atoms with Crippen LogP contribution in [0.2, 0.25) is 0 Å². The molecule has 1 aliphatic rings. The zero-order valence-corrected chi connectivity index (χ0v) is 18.8. The topological polar surface area (TPSA) is 42.5 Å². The van der Waals surface area contributed by atoms with Crippen LogP contribution in [0.4, 0.5) is 0 Å². The van der Waals surface area contributed by atoms with Crippen LogP contribution in [0.3, 0.4) is 0 Å². The molecule has 2 heterocycles. The molecule has 156 valence electrons. The minimum atomic E-state index is -0.274. The third-order valence-electron chi connectivity index (χ3n) is 5.39. The van der Waals surface area contributed by atoms with Crippen molar-refractivity contribution in [1.82, 2.24) is 9.55 Å². The summed E-state index contributed by atoms with van der Waals surface area (Å²) in [7, 11) is 0. The summed E-state index contributed by atoms with van der Waals surface area (Å²) >= 11 is 5.53. The maximum Gasteiger partial charge on any atom is 0.219 e. The summed E-state index contributed by atoms with van der Waals surface area (Å²) in [6.45, 7) is 4.16. The number of imidazole rings is 1. The molecule has 32 heavy (non-hydrogen) atoms. The number of hydrogen-bond acceptors (Lipinski definition) is 2. The molecule has 4 aromatic rings. The van der Waals surface area contributed by atoms with E-state index in [0.717, 1.165) is 39.4 Å². The number of benzene rings is 3. The Bertz CT molecular complexity index is 1330. The number of para-hydroxylation sites is 2. The Labute approximate surface area is 192 Å². The maximum absolute atomic E-state index is 5.53. The number of thiocarbonyl (C=S) groups is 1. The van der Waals surface area contributed by atoms with Crippen LogP contribution in [0.5, 0.6) is 0 Å². The van der Waals surface area contributed by atoms with Crippen molar-refractivity contribution in [1.29, 1.82) is 0 Å². The third-order valence-corrected chi connectivity index (χ3v) is 5.57. The second kappa shape index (κ2) is 8.44. The van der Waals surface area contributed by atoms with Crippen LogP contribution in [0.15, 0.2) is 100 Å². The van der Waals surface area contributed by atoms with Crippen molar-refractivity contribution in [2.45, 2.75) is 19.9 Å². The van der Waals surface area contributed by atoms with Crippen molar-refractivity contribution < 1.29 is 0 Å². The third kappa shape index (κ3) is 3.72. The average Bonchev–Trinajstić information content (AvgIpc) is 3.16. The second-order valence-electron chi connectivity index (χ2n) is 7.96. The van der Waals surface area contributed by atoms with E-state index in [2.05, 4.69) is 54.8 Å². The Morgan fingerprint density at radius 3 is 1.88 bits per heavy atom. The molecule has 1 aliphatic heterocycles. The summed E-state index contributed by atoms with van der Waals surface area (Å²) in [5.74, 6) is 0.872. The van der Waals surface area contributed by atoms with E-state index in [1.165, 1.54) is 5.57 Å². The van der Waals surface area contributed by atoms with Gasteiger partial charge < -0.3 is 4.57 Å². The van der Waals surface area contributed by atoms with Crippen LogP contribution >= 0.6 is 12.2 Å². The summed E-state index contributed by atoms with van der Waals surface area (Å²) in [6.07, 6.45) is 2.11. The Balaban J connectivity index is 1.84. The fraction of sp³-hybridized carbons (Fsp3) is 0.111. The van der Waals surface area contributed by atoms with E-state index < -0.39 is 0 Å². The number of nitrogens with zero attached hydrogens (tertiary/aromatic N) is 4. The van der Waals surface area contributed by atoms with Crippen molar-refractivity contribution in [2.24, 2.45) is 9.98 Å². The van der Waals surface area contributed by atoms with Crippen molar-refractivity contribution in [3.05, 3.63) is 107 Å². The first kappa shape index (κ1) is 20.2. The molecular formula is C27H22N4S. The minimum Gasteiger partial charge on any atom is -0.309 e. The van der Waals surface area contributed by atoms with Gasteiger partial charge in [0.1, 0.15) is 11.9 Å². The van der Waals surface area contributed by atoms with Crippen LogP contribution in [0.25, 0.3) is 17.1 Å². The monoisotopic (exact) mass is 434 g/mol. The number of aliphatic imine (C=N–C) groups is 2. The van der Waals surface area contributed by atoms with Crippen molar-refractivity contribution in [2.75, 3.05) is 0 Å². The summed E-state index contributed by atoms with van der Waals surface area (Å²) in [5, 5.41) is 0.340. The van der Waals surface area contributed by atoms with Gasteiger partial charge in [-0.3, -0.25) is 0 Å². The van der Waals surface area contributed by atoms with Crippen molar-refractivity contribution in [3.63, 3.8) is 0 Å². The molecule has 0 fully saturated rings. The standard InChI is InChI=1S/C27H22N4S/c1-18(2)17-23-28-21-15-9-10-16-22(21)31(23)26-24(19-11-5-3-6-12-19)29-27(32)30-25(26)20-13-7-4-8-14-20/h3-17,26H,1-2H3. The Morgan fingerprint density at radius 1 is 0.781 bits per heavy atom. The first-order valence-corrected chi connectivity index (χ1v) is 11.0. The molecule has 0 unspecified atom stereocenters. The first-order chi connectivity index (χ1) is 15.6. The molecule has 0 bridgehead atoms. The van der Waals surface area contributed by atoms with E-state index in [0.29, 0.717) is 5.11 Å². The molecule has 1 aromatic heterocycles. The van der Waals surface area contributed by atoms with Crippen LogP contribution in [0, 0.1) is 0 Å². The summed E-state index contributed by atoms with van der Waals surface area (Å²) < 4.78 is 2.24. The predicted octanol–water partition coefficient (Wildman–Crippen LogP) is 6.28. The Kier molecular flexibility index (Phi) is 5.33. The van der Waals surface area contributed by atoms with Gasteiger partial charge in [0.2, 0.25) is 5.11 Å². The molecule has 5 heteroatoms. The van der Waals surface area contributed by atoms with Gasteiger partial charge >= 0.3 is 0 Å². The maximum atomic E-state index is 5.53. The molecule has 0 atom stereocenters. The smallest absolute Gasteiger partial charge is 0.219 e. The van der Waals surface area contributed by atoms with E-state index in [1.54, 1.807) is 0 Å². The molecule has 0 amide bonds. The quantitative estimate of drug-likeness (QED) is 0.355. The molecular weight excluding hydrogens is 412 g/mol. The summed E-state index contributed by atoms with van der Waals surface area (Å²) in [6, 6.07) is 28.3. The first-order valence-electron chi connectivity index (χ1n) is 10.6. The SMILES string of the molecule is CC(C)=Cc1nc2ccccc2n1C1C(c2ccccc2)=NC(=S)N=C1c1ccccc1. The van der Waals surface area contributed by atoms with Crippen LogP contribution in [-0.4, -0.2) is 26.1 Å². The molecule has 0 saturated heterocycles. The van der Waals surface area contributed by atoms with Gasteiger partial charge in [0.05, 0.1) is 22.5 Å². The second-order valence-corrected chi connectivity index (χ2v) is 8.33. The Morgan fingerprint density at radius 2 is 1.31 bits per heavy atom. The highest BCUT2D eigenvalue weighted by molar-refractivity contribution is 7.80. The lowest BCUT2D eigenvalue weighted by Gasteiger charge is -2.28. The number of hydrogen-bond donors (Lipinski definition) is 0. The molecule has 4 nitrogen and oxygen atoms in total. The molecule has 3 aromatic carbocycles. The molecule has 0 saturated carbocycles. The van der Waals surface area contributed by atoms with Gasteiger partial charge in [-0.1, -0.05) is 78.4 Å². The van der Waals surface area contributed by atoms with Gasteiger partial charge in [0.15, 0.2) is 0 Å². The van der Waals surface area contributed by atoms with Gasteiger partial charge in [0, 0.05) is 0 Å². The van der Waals surface area contributed by atoms with Crippen molar-refractivity contribution in [3.8, 4) is 0 Å². The minimum absolute atomic E-state index is 0.274. The molecule has 0 spiro atoms. The van der Waals surface area contributed by atoms with E-state index in [4.69, 9.17) is 27.2 Å². The lowest BCUT2D eigenvalue weighted by atomic mass is 9.93. The van der Waals surface area contributed by atoms with Crippen molar-refractivity contribution >= 4 is 45.9 Å². The predicted molar refractivity (Wildman–Crippen MR) is 137 cm³/mol. The zero-order chi connectivity index (χ0) is 22.1. The molecule has 0 N–H and O–H groups in total. The molecule has 0 aliphatic carbocycles. The number of allylic oxidation sites excluding steroid dienone is 1. The zero-order valence-electron chi connectivity index (χ0n) is 17.9. The highest BCUT2D eigenvalue weighted by atomic mass is 32.1. The van der Waals surface area contributed by atoms with E-state index >= 15 is 0 Å². The number of aromatic nitrogens is 2. The highest BCUT2D eigenvalue weighted by Crippen LogP contribution is 2.31. The number of fused-ring (bicyclic) bond motifs is 1. The summed E-state index contributed by atoms with van der Waals surface area (Å²) in [5.41, 5.74) is 6.92. The van der Waals surface area contributed by atoms with E-state index in [1.807, 2.05) is 54.6 Å². The fourth-order valence-corrected chi connectivity index (χ4v) is 4.28. The van der Waals surface area contributed by atoms with Gasteiger partial charge in [-0.15, -0.1) is 0 Å². The van der Waals surface area contributed by atoms with Crippen LogP contribution in [0.1, 0.15) is 36.8 Å². The Hall–Kier alpha value is -3.70. The van der Waals surface area contributed by atoms with E-state index in [9.17, 15) is 0 Å². The van der Waals surface area contributed by atoms with E-state index in [-0.39, 0.29) is 6.04 Å². The van der Waals surface area contributed by atoms with Gasteiger partial charge in [-0.05, 0) is 55.4 Å². The average molecular weight is 435 g/mol. The van der Waals surface area contributed by atoms with Gasteiger partial charge in [-0.2, -0.15) is 0 Å². The summed E-state index contributed by atoms with van der Waals surface area (Å²) in [4.78, 5) is 14.5. The normalized spacial score (nSPS) is 14.2. The van der Waals surface area contributed by atoms with Crippen LogP contribution in [-0.2, 0) is 0 Å². The molecule has 5 rings (SSSR count). The van der Waals surface area contributed by atoms with Gasteiger partial charge in [-0.25, -0.2) is 15.0 Å². The number of rotatable bonds is 4.